The third-order valence-corrected chi connectivity index (χ3v) is 3.23. The largest absolute Gasteiger partial charge is 0.466 e. The molecule has 3 atom stereocenters. The molecule has 7 nitrogen and oxygen atoms in total. The highest BCUT2D eigenvalue weighted by atomic mass is 16.6. The molecule has 0 aromatic heterocycles. The lowest BCUT2D eigenvalue weighted by molar-refractivity contribution is -0.196. The first-order valence-corrected chi connectivity index (χ1v) is 7.93. The number of aliphatic hydroxyl groups excluding tert-OH is 1. The monoisotopic (exact) mass is 346 g/mol. The zero-order valence-corrected chi connectivity index (χ0v) is 15.8. The van der Waals surface area contributed by atoms with Crippen LogP contribution in [-0.2, 0) is 28.6 Å². The number of hydrogen-bond donors (Lipinski definition) is 1. The topological polar surface area (TPSA) is 99.1 Å². The molecule has 0 aliphatic carbocycles. The van der Waals surface area contributed by atoms with Crippen molar-refractivity contribution in [3.63, 3.8) is 0 Å². The van der Waals surface area contributed by atoms with E-state index >= 15 is 0 Å². The van der Waals surface area contributed by atoms with Crippen molar-refractivity contribution in [2.24, 2.45) is 10.8 Å². The first-order valence-electron chi connectivity index (χ1n) is 7.93. The van der Waals surface area contributed by atoms with E-state index in [1.54, 1.807) is 48.5 Å². The number of methoxy groups -OCH3 is 1. The summed E-state index contributed by atoms with van der Waals surface area (Å²) in [6.45, 7) is 11.4. The first-order chi connectivity index (χ1) is 10.8. The predicted octanol–water partition coefficient (Wildman–Crippen LogP) is 1.85. The zero-order chi connectivity index (χ0) is 19.3. The molecule has 0 rings (SSSR count). The summed E-state index contributed by atoms with van der Waals surface area (Å²) in [4.78, 5) is 36.4. The molecule has 0 aliphatic rings. The number of carbonyl (C=O) groups excluding carboxylic acids is 3. The number of esters is 3. The maximum atomic E-state index is 12.2. The first kappa shape index (κ1) is 22.4. The lowest BCUT2D eigenvalue weighted by Crippen LogP contribution is -2.50. The maximum Gasteiger partial charge on any atom is 0.351 e. The van der Waals surface area contributed by atoms with Crippen LogP contribution in [0.5, 0.6) is 0 Å². The van der Waals surface area contributed by atoms with E-state index in [0.29, 0.717) is 0 Å². The van der Waals surface area contributed by atoms with Crippen LogP contribution in [0.3, 0.4) is 0 Å². The van der Waals surface area contributed by atoms with Gasteiger partial charge in [-0.05, 0) is 48.0 Å². The predicted molar refractivity (Wildman–Crippen MR) is 87.0 cm³/mol. The second-order valence-corrected chi connectivity index (χ2v) is 7.69. The van der Waals surface area contributed by atoms with Gasteiger partial charge in [-0.1, -0.05) is 6.92 Å². The molecule has 7 heteroatoms. The van der Waals surface area contributed by atoms with Gasteiger partial charge in [0.25, 0.3) is 0 Å². The molecule has 0 fully saturated rings. The number of carbonyl (C=O) groups is 3. The molecule has 0 saturated carbocycles. The van der Waals surface area contributed by atoms with E-state index in [1.807, 2.05) is 0 Å². The van der Waals surface area contributed by atoms with Gasteiger partial charge in [0.2, 0.25) is 6.10 Å². The fraction of sp³-hybridized carbons (Fsp3) is 0.824. The molecule has 140 valence electrons. The summed E-state index contributed by atoms with van der Waals surface area (Å²) in [7, 11) is 1.13. The standard InChI is InChI=1S/C17H30O7/c1-9-10(18)11(23-14(20)16(2,3)4)12(13(19)22-8)24-15(21)17(5,6)7/h10-12,18H,9H2,1-8H3/t10-,11-,12+/m0/s1. The summed E-state index contributed by atoms with van der Waals surface area (Å²) < 4.78 is 15.2. The number of rotatable bonds is 6. The third-order valence-electron chi connectivity index (χ3n) is 3.23. The highest BCUT2D eigenvalue weighted by Gasteiger charge is 2.43. The molecule has 0 aliphatic heterocycles. The molecule has 0 saturated heterocycles. The van der Waals surface area contributed by atoms with Crippen molar-refractivity contribution >= 4 is 17.9 Å². The van der Waals surface area contributed by atoms with E-state index in [-0.39, 0.29) is 6.42 Å². The van der Waals surface area contributed by atoms with Gasteiger partial charge < -0.3 is 19.3 Å². The molecular formula is C17H30O7. The molecule has 0 radical (unpaired) electrons. The minimum Gasteiger partial charge on any atom is -0.466 e. The summed E-state index contributed by atoms with van der Waals surface area (Å²) in [5.41, 5.74) is -1.72. The van der Waals surface area contributed by atoms with Crippen LogP contribution in [0, 0.1) is 10.8 Å². The molecule has 0 unspecified atom stereocenters. The van der Waals surface area contributed by atoms with Crippen molar-refractivity contribution in [1.29, 1.82) is 0 Å². The summed E-state index contributed by atoms with van der Waals surface area (Å²) in [6.07, 6.45) is -3.88. The van der Waals surface area contributed by atoms with Crippen LogP contribution in [-0.4, -0.2) is 48.4 Å². The highest BCUT2D eigenvalue weighted by Crippen LogP contribution is 2.24. The van der Waals surface area contributed by atoms with Crippen LogP contribution in [0.25, 0.3) is 0 Å². The van der Waals surface area contributed by atoms with Crippen molar-refractivity contribution in [3.05, 3.63) is 0 Å². The minimum atomic E-state index is -1.54. The summed E-state index contributed by atoms with van der Waals surface area (Å²) in [5, 5.41) is 10.2. The second-order valence-electron chi connectivity index (χ2n) is 7.69. The molecular weight excluding hydrogens is 316 g/mol. The van der Waals surface area contributed by atoms with Gasteiger partial charge >= 0.3 is 17.9 Å². The number of ether oxygens (including phenoxy) is 3. The Labute approximate surface area is 143 Å². The van der Waals surface area contributed by atoms with Crippen molar-refractivity contribution in [3.8, 4) is 0 Å². The molecule has 1 N–H and O–H groups in total. The molecule has 0 spiro atoms. The second kappa shape index (κ2) is 8.46. The van der Waals surface area contributed by atoms with E-state index in [0.717, 1.165) is 7.11 Å². The van der Waals surface area contributed by atoms with E-state index in [2.05, 4.69) is 4.74 Å². The van der Waals surface area contributed by atoms with Gasteiger partial charge in [0, 0.05) is 0 Å². The molecule has 24 heavy (non-hydrogen) atoms. The Morgan fingerprint density at radius 2 is 1.33 bits per heavy atom. The van der Waals surface area contributed by atoms with E-state index in [1.165, 1.54) is 0 Å². The van der Waals surface area contributed by atoms with E-state index < -0.39 is 47.0 Å². The third kappa shape index (κ3) is 6.47. The normalized spacial score (nSPS) is 15.9. The summed E-state index contributed by atoms with van der Waals surface area (Å²) in [5.74, 6) is -2.19. The lowest BCUT2D eigenvalue weighted by atomic mass is 9.96. The van der Waals surface area contributed by atoms with Gasteiger partial charge in [-0.3, -0.25) is 9.59 Å². The van der Waals surface area contributed by atoms with Crippen LogP contribution in [0.15, 0.2) is 0 Å². The van der Waals surface area contributed by atoms with Crippen LogP contribution < -0.4 is 0 Å². The van der Waals surface area contributed by atoms with Crippen LogP contribution in [0.2, 0.25) is 0 Å². The Morgan fingerprint density at radius 3 is 1.67 bits per heavy atom. The molecule has 0 amide bonds. The molecule has 0 bridgehead atoms. The fourth-order valence-electron chi connectivity index (χ4n) is 1.53. The van der Waals surface area contributed by atoms with Gasteiger partial charge in [-0.25, -0.2) is 4.79 Å². The number of aliphatic hydroxyl groups is 1. The highest BCUT2D eigenvalue weighted by molar-refractivity contribution is 5.83. The van der Waals surface area contributed by atoms with Gasteiger partial charge in [0.15, 0.2) is 6.10 Å². The van der Waals surface area contributed by atoms with Crippen LogP contribution in [0.1, 0.15) is 54.9 Å². The smallest absolute Gasteiger partial charge is 0.351 e. The number of hydrogen-bond acceptors (Lipinski definition) is 7. The average Bonchev–Trinajstić information content (AvgIpc) is 2.46. The van der Waals surface area contributed by atoms with Gasteiger partial charge in [-0.15, -0.1) is 0 Å². The SMILES string of the molecule is CC[C@H](O)[C@H](OC(=O)C(C)(C)C)[C@@H](OC(=O)C(C)(C)C)C(=O)OC. The Morgan fingerprint density at radius 1 is 0.917 bits per heavy atom. The fourth-order valence-corrected chi connectivity index (χ4v) is 1.53. The van der Waals surface area contributed by atoms with Crippen molar-refractivity contribution in [2.75, 3.05) is 7.11 Å². The van der Waals surface area contributed by atoms with Crippen LogP contribution in [0.4, 0.5) is 0 Å². The van der Waals surface area contributed by atoms with Crippen molar-refractivity contribution in [2.45, 2.75) is 73.2 Å². The molecule has 0 aromatic carbocycles. The minimum absolute atomic E-state index is 0.197. The average molecular weight is 346 g/mol. The lowest BCUT2D eigenvalue weighted by Gasteiger charge is -2.31. The maximum absolute atomic E-state index is 12.2. The summed E-state index contributed by atoms with van der Waals surface area (Å²) in [6, 6.07) is 0. The Balaban J connectivity index is 5.63. The summed E-state index contributed by atoms with van der Waals surface area (Å²) >= 11 is 0. The Hall–Kier alpha value is -1.63. The van der Waals surface area contributed by atoms with Gasteiger partial charge in [-0.2, -0.15) is 0 Å². The Bertz CT molecular complexity index is 457. The van der Waals surface area contributed by atoms with Gasteiger partial charge in [0.1, 0.15) is 0 Å². The van der Waals surface area contributed by atoms with Crippen LogP contribution >= 0.6 is 0 Å². The Kier molecular flexibility index (Phi) is 7.89. The van der Waals surface area contributed by atoms with Gasteiger partial charge in [0.05, 0.1) is 24.0 Å². The van der Waals surface area contributed by atoms with E-state index in [4.69, 9.17) is 9.47 Å². The van der Waals surface area contributed by atoms with Crippen molar-refractivity contribution < 1.29 is 33.7 Å². The van der Waals surface area contributed by atoms with E-state index in [9.17, 15) is 19.5 Å². The zero-order valence-electron chi connectivity index (χ0n) is 15.8. The van der Waals surface area contributed by atoms with Crippen molar-refractivity contribution in [1.82, 2.24) is 0 Å². The molecule has 0 heterocycles. The quantitative estimate of drug-likeness (QED) is 0.579. The molecule has 0 aromatic rings.